The first kappa shape index (κ1) is 11.8. The van der Waals surface area contributed by atoms with Crippen LogP contribution in [0.5, 0.6) is 5.88 Å². The van der Waals surface area contributed by atoms with Crippen LogP contribution >= 0.6 is 11.6 Å². The van der Waals surface area contributed by atoms with E-state index < -0.39 is 0 Å². The van der Waals surface area contributed by atoms with E-state index in [9.17, 15) is 0 Å². The summed E-state index contributed by atoms with van der Waals surface area (Å²) in [5.74, 6) is 1.22. The number of ether oxygens (including phenoxy) is 1. The van der Waals surface area contributed by atoms with Gasteiger partial charge in [0, 0.05) is 11.6 Å². The highest BCUT2D eigenvalue weighted by atomic mass is 35.5. The quantitative estimate of drug-likeness (QED) is 0.705. The molecule has 0 amide bonds. The molecule has 0 unspecified atom stereocenters. The van der Waals surface area contributed by atoms with Crippen LogP contribution in [0.1, 0.15) is 0 Å². The van der Waals surface area contributed by atoms with Crippen LogP contribution in [0.15, 0.2) is 30.3 Å². The fraction of sp³-hybridized carbons (Fsp3) is 0.0769. The minimum Gasteiger partial charge on any atom is -0.481 e. The molecule has 3 aromatic rings. The van der Waals surface area contributed by atoms with Gasteiger partial charge in [-0.25, -0.2) is 4.98 Å². The van der Waals surface area contributed by atoms with Crippen LogP contribution in [-0.4, -0.2) is 22.1 Å². The maximum absolute atomic E-state index is 6.01. The molecule has 0 saturated carbocycles. The van der Waals surface area contributed by atoms with Gasteiger partial charge in [0.2, 0.25) is 5.88 Å². The topological polar surface area (TPSA) is 76.8 Å². The Kier molecular flexibility index (Phi) is 2.76. The van der Waals surface area contributed by atoms with Crippen molar-refractivity contribution in [3.8, 4) is 17.3 Å². The summed E-state index contributed by atoms with van der Waals surface area (Å²) in [6.07, 6.45) is 0. The van der Waals surface area contributed by atoms with Crippen molar-refractivity contribution in [2.75, 3.05) is 12.8 Å². The van der Waals surface area contributed by atoms with Gasteiger partial charge in [-0.05, 0) is 24.3 Å². The Bertz CT molecular complexity index is 753. The monoisotopic (exact) mass is 274 g/mol. The van der Waals surface area contributed by atoms with E-state index in [0.29, 0.717) is 28.1 Å². The van der Waals surface area contributed by atoms with E-state index in [0.717, 1.165) is 11.1 Å². The highest BCUT2D eigenvalue weighted by Gasteiger charge is 2.08. The molecule has 0 radical (unpaired) electrons. The molecule has 0 spiro atoms. The number of methoxy groups -OCH3 is 1. The second kappa shape index (κ2) is 4.44. The lowest BCUT2D eigenvalue weighted by Gasteiger charge is -2.00. The molecule has 5 nitrogen and oxygen atoms in total. The first-order valence-electron chi connectivity index (χ1n) is 5.63. The molecule has 0 saturated heterocycles. The van der Waals surface area contributed by atoms with Gasteiger partial charge in [-0.2, -0.15) is 4.98 Å². The molecule has 0 atom stereocenters. The predicted octanol–water partition coefficient (Wildman–Crippen LogP) is 2.87. The number of fused-ring (bicyclic) bond motifs is 1. The number of hydrogen-bond donors (Lipinski definition) is 2. The Labute approximate surface area is 114 Å². The second-order valence-corrected chi connectivity index (χ2v) is 4.45. The summed E-state index contributed by atoms with van der Waals surface area (Å²) in [7, 11) is 1.57. The van der Waals surface area contributed by atoms with Crippen LogP contribution in [-0.2, 0) is 0 Å². The van der Waals surface area contributed by atoms with Gasteiger partial charge in [0.1, 0.15) is 5.82 Å². The maximum atomic E-state index is 6.01. The molecular weight excluding hydrogens is 264 g/mol. The fourth-order valence-electron chi connectivity index (χ4n) is 1.80. The van der Waals surface area contributed by atoms with E-state index in [1.807, 2.05) is 12.1 Å². The molecular formula is C13H11ClN4O. The van der Waals surface area contributed by atoms with Crippen LogP contribution in [0.4, 0.5) is 5.69 Å². The molecule has 2 heterocycles. The number of nitrogens with zero attached hydrogens (tertiary/aromatic N) is 2. The van der Waals surface area contributed by atoms with Crippen molar-refractivity contribution in [2.24, 2.45) is 0 Å². The van der Waals surface area contributed by atoms with Crippen molar-refractivity contribution in [3.05, 3.63) is 35.4 Å². The molecule has 6 heteroatoms. The van der Waals surface area contributed by atoms with Gasteiger partial charge in [-0.3, -0.25) is 0 Å². The molecule has 19 heavy (non-hydrogen) atoms. The highest BCUT2D eigenvalue weighted by Crippen LogP contribution is 2.26. The zero-order valence-corrected chi connectivity index (χ0v) is 10.9. The van der Waals surface area contributed by atoms with Crippen LogP contribution < -0.4 is 10.5 Å². The number of aromatic amines is 1. The standard InChI is InChI=1S/C13H11ClN4O/c1-19-11-5-4-10-13(17-11)18-12(16-10)7-2-3-9(15)8(14)6-7/h2-6H,15H2,1H3,(H,16,17,18). The number of halogens is 1. The smallest absolute Gasteiger partial charge is 0.215 e. The third-order valence-electron chi connectivity index (χ3n) is 2.80. The normalized spacial score (nSPS) is 10.8. The molecule has 0 aliphatic rings. The van der Waals surface area contributed by atoms with Crippen molar-refractivity contribution in [2.45, 2.75) is 0 Å². The first-order chi connectivity index (χ1) is 9.17. The number of nitrogen functional groups attached to an aromatic ring is 1. The van der Waals surface area contributed by atoms with E-state index in [1.54, 1.807) is 25.3 Å². The van der Waals surface area contributed by atoms with E-state index in [-0.39, 0.29) is 0 Å². The highest BCUT2D eigenvalue weighted by molar-refractivity contribution is 6.33. The number of rotatable bonds is 2. The summed E-state index contributed by atoms with van der Waals surface area (Å²) < 4.78 is 5.07. The molecule has 96 valence electrons. The lowest BCUT2D eigenvalue weighted by atomic mass is 10.2. The lowest BCUT2D eigenvalue weighted by molar-refractivity contribution is 0.399. The molecule has 0 fully saturated rings. The van der Waals surface area contributed by atoms with E-state index in [4.69, 9.17) is 22.1 Å². The van der Waals surface area contributed by atoms with Gasteiger partial charge in [0.25, 0.3) is 0 Å². The zero-order valence-electron chi connectivity index (χ0n) is 10.1. The number of H-pyrrole nitrogens is 1. The summed E-state index contributed by atoms with van der Waals surface area (Å²) in [4.78, 5) is 11.9. The summed E-state index contributed by atoms with van der Waals surface area (Å²) in [5, 5.41) is 0.503. The number of aromatic nitrogens is 3. The van der Waals surface area contributed by atoms with Gasteiger partial charge in [0.05, 0.1) is 23.3 Å². The Hall–Kier alpha value is -2.27. The molecule has 3 rings (SSSR count). The molecule has 0 aliphatic carbocycles. The molecule has 0 bridgehead atoms. The third-order valence-corrected chi connectivity index (χ3v) is 3.13. The van der Waals surface area contributed by atoms with Crippen molar-refractivity contribution in [1.29, 1.82) is 0 Å². The summed E-state index contributed by atoms with van der Waals surface area (Å²) in [6, 6.07) is 9.03. The average Bonchev–Trinajstić information content (AvgIpc) is 2.84. The maximum Gasteiger partial charge on any atom is 0.215 e. The van der Waals surface area contributed by atoms with Gasteiger partial charge in [-0.1, -0.05) is 11.6 Å². The van der Waals surface area contributed by atoms with Gasteiger partial charge in [-0.15, -0.1) is 0 Å². The van der Waals surface area contributed by atoms with Crippen LogP contribution in [0.3, 0.4) is 0 Å². The van der Waals surface area contributed by atoms with Gasteiger partial charge >= 0.3 is 0 Å². The van der Waals surface area contributed by atoms with E-state index in [2.05, 4.69) is 15.0 Å². The second-order valence-electron chi connectivity index (χ2n) is 4.05. The van der Waals surface area contributed by atoms with E-state index in [1.165, 1.54) is 0 Å². The number of imidazole rings is 1. The first-order valence-corrected chi connectivity index (χ1v) is 6.01. The summed E-state index contributed by atoms with van der Waals surface area (Å²) in [6.45, 7) is 0. The predicted molar refractivity (Wildman–Crippen MR) is 75.3 cm³/mol. The Balaban J connectivity index is 2.11. The molecule has 0 aliphatic heterocycles. The molecule has 1 aromatic carbocycles. The number of benzene rings is 1. The Morgan fingerprint density at radius 2 is 2.05 bits per heavy atom. The Morgan fingerprint density at radius 1 is 1.21 bits per heavy atom. The average molecular weight is 275 g/mol. The summed E-state index contributed by atoms with van der Waals surface area (Å²) >= 11 is 6.01. The van der Waals surface area contributed by atoms with Gasteiger partial charge in [0.15, 0.2) is 5.65 Å². The van der Waals surface area contributed by atoms with Crippen LogP contribution in [0.2, 0.25) is 5.02 Å². The molecule has 3 N–H and O–H groups in total. The number of anilines is 1. The lowest BCUT2D eigenvalue weighted by Crippen LogP contribution is -1.87. The van der Waals surface area contributed by atoms with Gasteiger partial charge < -0.3 is 15.5 Å². The van der Waals surface area contributed by atoms with E-state index >= 15 is 0 Å². The number of nitrogens with one attached hydrogen (secondary N) is 1. The fourth-order valence-corrected chi connectivity index (χ4v) is 1.98. The van der Waals surface area contributed by atoms with Crippen molar-refractivity contribution < 1.29 is 4.74 Å². The number of nitrogens with two attached hydrogens (primary N) is 1. The third kappa shape index (κ3) is 2.08. The van der Waals surface area contributed by atoms with Crippen molar-refractivity contribution in [3.63, 3.8) is 0 Å². The minimum absolute atomic E-state index is 0.503. The van der Waals surface area contributed by atoms with Crippen LogP contribution in [0, 0.1) is 0 Å². The van der Waals surface area contributed by atoms with Crippen molar-refractivity contribution >= 4 is 28.5 Å². The number of hydrogen-bond acceptors (Lipinski definition) is 4. The zero-order chi connectivity index (χ0) is 13.4. The van der Waals surface area contributed by atoms with Crippen LogP contribution in [0.25, 0.3) is 22.6 Å². The minimum atomic E-state index is 0.503. The number of pyridine rings is 1. The summed E-state index contributed by atoms with van der Waals surface area (Å²) in [5.41, 5.74) is 8.52. The van der Waals surface area contributed by atoms with Crippen molar-refractivity contribution in [1.82, 2.24) is 15.0 Å². The SMILES string of the molecule is COc1ccc2[nH]c(-c3ccc(N)c(Cl)c3)nc2n1. The molecule has 2 aromatic heterocycles. The Morgan fingerprint density at radius 3 is 2.79 bits per heavy atom. The largest absolute Gasteiger partial charge is 0.481 e.